The highest BCUT2D eigenvalue weighted by Gasteiger charge is 2.58. The molecule has 10 unspecified atom stereocenters. The number of hydrogen-bond donors (Lipinski definition) is 6. The van der Waals surface area contributed by atoms with E-state index in [4.69, 9.17) is 37.9 Å². The number of esters is 1. The summed E-state index contributed by atoms with van der Waals surface area (Å²) in [6.07, 6.45) is -4.74. The maximum Gasteiger partial charge on any atom is 0.311 e. The standard InChI is InChI=1S/C47H84N4O13/c1-16-20-48-26-47(56)32(8)60-37(23-45(47,10)58-15)63-38-29(5)41(64-43-39(34(51(12)13)21-28(4)59-43)61-33-18-19-36(57-14)50-25-33)44(9,54)22-27(3)24-49-31(7)40(52)46(11,55)35(17-2)62-42(53)30(38)6/h18-19,25,27-32,34-35,37-41,43,48-49,52,54-56H,16-17,20-24,26H2,1-15H3/t27?,28-,29?,30?,31?,32+,34+,35?,37+,38?,39-,40?,41?,43+,44?,45-,46?,47+/m1/s1. The monoisotopic (exact) mass is 913 g/mol. The van der Waals surface area contributed by atoms with Gasteiger partial charge in [0.25, 0.3) is 0 Å². The number of hydrogen-bond acceptors (Lipinski definition) is 17. The number of nitrogens with zero attached hydrogens (tertiary/aromatic N) is 2. The van der Waals surface area contributed by atoms with Crippen LogP contribution in [0.15, 0.2) is 18.3 Å². The summed E-state index contributed by atoms with van der Waals surface area (Å²) in [6, 6.07) is 2.67. The molecular formula is C47H84N4O13. The molecule has 370 valence electrons. The maximum absolute atomic E-state index is 14.6. The van der Waals surface area contributed by atoms with Gasteiger partial charge < -0.3 is 73.9 Å². The molecule has 0 aromatic carbocycles. The molecule has 3 aliphatic heterocycles. The molecule has 0 amide bonds. The Hall–Kier alpha value is -2.26. The van der Waals surface area contributed by atoms with Crippen LogP contribution in [0.3, 0.4) is 0 Å². The number of aromatic nitrogens is 1. The quantitative estimate of drug-likeness (QED) is 0.117. The van der Waals surface area contributed by atoms with Crippen LogP contribution in [0.1, 0.15) is 108 Å². The summed E-state index contributed by atoms with van der Waals surface area (Å²) in [7, 11) is 7.02. The minimum Gasteiger partial charge on any atom is -0.482 e. The molecule has 4 heterocycles. The molecule has 17 nitrogen and oxygen atoms in total. The van der Waals surface area contributed by atoms with E-state index in [1.807, 2.05) is 48.7 Å². The molecule has 1 aromatic heterocycles. The zero-order chi connectivity index (χ0) is 47.9. The fourth-order valence-electron chi connectivity index (χ4n) is 10.0. The summed E-state index contributed by atoms with van der Waals surface area (Å²) in [5.41, 5.74) is -6.02. The summed E-state index contributed by atoms with van der Waals surface area (Å²) in [5, 5.41) is 55.0. The average molecular weight is 913 g/mol. The number of cyclic esters (lactones) is 1. The third-order valence-corrected chi connectivity index (χ3v) is 14.2. The first-order valence-corrected chi connectivity index (χ1v) is 23.4. The van der Waals surface area contributed by atoms with E-state index < -0.39 is 95.5 Å². The molecule has 4 rings (SSSR count). The van der Waals surface area contributed by atoms with Gasteiger partial charge in [0.05, 0.1) is 55.3 Å². The van der Waals surface area contributed by atoms with E-state index in [9.17, 15) is 25.2 Å². The zero-order valence-corrected chi connectivity index (χ0v) is 41.3. The first kappa shape index (κ1) is 54.3. The summed E-state index contributed by atoms with van der Waals surface area (Å²) in [4.78, 5) is 21.0. The van der Waals surface area contributed by atoms with Gasteiger partial charge in [-0.2, -0.15) is 0 Å². The van der Waals surface area contributed by atoms with E-state index >= 15 is 0 Å². The van der Waals surface area contributed by atoms with Gasteiger partial charge in [-0.3, -0.25) is 4.79 Å². The van der Waals surface area contributed by atoms with Gasteiger partial charge in [-0.1, -0.05) is 27.7 Å². The molecule has 0 aliphatic carbocycles. The van der Waals surface area contributed by atoms with E-state index in [1.54, 1.807) is 67.2 Å². The minimum atomic E-state index is -1.83. The van der Waals surface area contributed by atoms with Gasteiger partial charge in [-0.25, -0.2) is 4.98 Å². The van der Waals surface area contributed by atoms with Crippen LogP contribution < -0.4 is 20.1 Å². The van der Waals surface area contributed by atoms with Crippen LogP contribution in [0.5, 0.6) is 11.6 Å². The normalized spacial score (nSPS) is 43.2. The van der Waals surface area contributed by atoms with Crippen molar-refractivity contribution in [2.45, 2.75) is 198 Å². The molecule has 0 bridgehead atoms. The zero-order valence-electron chi connectivity index (χ0n) is 41.3. The number of aliphatic hydroxyl groups excluding tert-OH is 1. The Kier molecular flexibility index (Phi) is 19.3. The van der Waals surface area contributed by atoms with Gasteiger partial charge in [0.2, 0.25) is 5.88 Å². The SMILES string of the molecule is CCCNC[C@]1(O)[C@H](C)O[C@@H](OC2C(C)C(=O)OC(CC)C(C)(O)C(O)C(C)NCC(C)CC(C)(O)C(O[C@@H]3O[C@H](C)C[C@H](N(C)C)[C@H]3Oc3ccc(OC)nc3)C2C)C[C@@]1(C)OC. The van der Waals surface area contributed by atoms with Crippen LogP contribution in [-0.2, 0) is 33.2 Å². The highest BCUT2D eigenvalue weighted by atomic mass is 16.7. The molecule has 3 saturated heterocycles. The van der Waals surface area contributed by atoms with Crippen molar-refractivity contribution in [1.29, 1.82) is 0 Å². The van der Waals surface area contributed by atoms with Crippen molar-refractivity contribution < 1.29 is 63.1 Å². The number of rotatable bonds is 14. The van der Waals surface area contributed by atoms with Gasteiger partial charge in [0, 0.05) is 38.1 Å². The molecular weight excluding hydrogens is 829 g/mol. The Morgan fingerprint density at radius 3 is 2.23 bits per heavy atom. The van der Waals surface area contributed by atoms with Crippen LogP contribution in [-0.4, -0.2) is 174 Å². The lowest BCUT2D eigenvalue weighted by Gasteiger charge is -2.53. The number of aliphatic hydroxyl groups is 4. The maximum atomic E-state index is 14.6. The Morgan fingerprint density at radius 1 is 0.969 bits per heavy atom. The van der Waals surface area contributed by atoms with Crippen LogP contribution in [0.2, 0.25) is 0 Å². The van der Waals surface area contributed by atoms with E-state index in [2.05, 4.69) is 20.5 Å². The molecule has 18 atom stereocenters. The second-order valence-corrected chi connectivity index (χ2v) is 19.8. The van der Waals surface area contributed by atoms with Crippen molar-refractivity contribution in [3.63, 3.8) is 0 Å². The molecule has 6 N–H and O–H groups in total. The van der Waals surface area contributed by atoms with E-state index in [-0.39, 0.29) is 43.9 Å². The van der Waals surface area contributed by atoms with Gasteiger partial charge in [0.15, 0.2) is 18.7 Å². The van der Waals surface area contributed by atoms with Crippen molar-refractivity contribution >= 4 is 5.97 Å². The second kappa shape index (κ2) is 22.7. The fourth-order valence-corrected chi connectivity index (χ4v) is 10.0. The van der Waals surface area contributed by atoms with Crippen molar-refractivity contribution in [2.75, 3.05) is 47.9 Å². The Morgan fingerprint density at radius 2 is 1.66 bits per heavy atom. The lowest BCUT2D eigenvalue weighted by Crippen LogP contribution is -2.70. The van der Waals surface area contributed by atoms with Gasteiger partial charge >= 0.3 is 5.97 Å². The summed E-state index contributed by atoms with van der Waals surface area (Å²) >= 11 is 0. The third-order valence-electron chi connectivity index (χ3n) is 14.2. The van der Waals surface area contributed by atoms with Crippen LogP contribution in [0.4, 0.5) is 0 Å². The molecule has 0 radical (unpaired) electrons. The third kappa shape index (κ3) is 12.4. The number of ether oxygens (including phenoxy) is 8. The summed E-state index contributed by atoms with van der Waals surface area (Å²) < 4.78 is 51.4. The molecule has 3 fully saturated rings. The Balaban J connectivity index is 1.86. The highest BCUT2D eigenvalue weighted by Crippen LogP contribution is 2.43. The largest absolute Gasteiger partial charge is 0.482 e. The Labute approximate surface area is 382 Å². The summed E-state index contributed by atoms with van der Waals surface area (Å²) in [5.74, 6) is -1.81. The van der Waals surface area contributed by atoms with E-state index in [0.29, 0.717) is 31.1 Å². The molecule has 0 saturated carbocycles. The molecule has 3 aliphatic rings. The van der Waals surface area contributed by atoms with Crippen molar-refractivity contribution in [3.8, 4) is 11.6 Å². The topological polar surface area (TPSA) is 212 Å². The predicted octanol–water partition coefficient (Wildman–Crippen LogP) is 3.42. The van der Waals surface area contributed by atoms with Gasteiger partial charge in [-0.05, 0) is 113 Å². The van der Waals surface area contributed by atoms with Crippen LogP contribution >= 0.6 is 0 Å². The number of likely N-dealkylation sites (N-methyl/N-ethyl adjacent to an activating group) is 1. The average Bonchev–Trinajstić information content (AvgIpc) is 3.24. The molecule has 64 heavy (non-hydrogen) atoms. The lowest BCUT2D eigenvalue weighted by molar-refractivity contribution is -0.335. The number of nitrogens with one attached hydrogen (secondary N) is 2. The molecule has 17 heteroatoms. The molecule has 0 spiro atoms. The number of methoxy groups -OCH3 is 2. The fraction of sp³-hybridized carbons (Fsp3) is 0.872. The highest BCUT2D eigenvalue weighted by molar-refractivity contribution is 5.73. The van der Waals surface area contributed by atoms with Gasteiger partial charge in [0.1, 0.15) is 34.8 Å². The predicted molar refractivity (Wildman–Crippen MR) is 241 cm³/mol. The van der Waals surface area contributed by atoms with Crippen molar-refractivity contribution in [1.82, 2.24) is 20.5 Å². The summed E-state index contributed by atoms with van der Waals surface area (Å²) in [6.45, 7) is 21.1. The van der Waals surface area contributed by atoms with Crippen LogP contribution in [0, 0.1) is 17.8 Å². The van der Waals surface area contributed by atoms with Gasteiger partial charge in [-0.15, -0.1) is 0 Å². The number of carbonyl (C=O) groups is 1. The smallest absolute Gasteiger partial charge is 0.311 e. The van der Waals surface area contributed by atoms with Crippen LogP contribution in [0.25, 0.3) is 0 Å². The first-order chi connectivity index (χ1) is 29.9. The van der Waals surface area contributed by atoms with Crippen molar-refractivity contribution in [2.24, 2.45) is 17.8 Å². The second-order valence-electron chi connectivity index (χ2n) is 19.8. The first-order valence-electron chi connectivity index (χ1n) is 23.4. The van der Waals surface area contributed by atoms with E-state index in [1.165, 1.54) is 6.92 Å². The Bertz CT molecular complexity index is 1590. The number of carbonyl (C=O) groups excluding carboxylic acids is 1. The lowest BCUT2D eigenvalue weighted by atomic mass is 9.75. The van der Waals surface area contributed by atoms with Crippen molar-refractivity contribution in [3.05, 3.63) is 18.3 Å². The molecule has 1 aromatic rings. The minimum absolute atomic E-state index is 0.0870. The number of pyridine rings is 1. The van der Waals surface area contributed by atoms with E-state index in [0.717, 1.165) is 6.42 Å².